The van der Waals surface area contributed by atoms with Crippen LogP contribution in [0.4, 0.5) is 4.39 Å². The molecule has 3 heteroatoms. The van der Waals surface area contributed by atoms with Gasteiger partial charge in [0.25, 0.3) is 0 Å². The Morgan fingerprint density at radius 2 is 2.38 bits per heavy atom. The Balaban J connectivity index is 1.98. The summed E-state index contributed by atoms with van der Waals surface area (Å²) in [6.07, 6.45) is 0.241. The molecule has 0 aromatic heterocycles. The van der Waals surface area contributed by atoms with E-state index in [1.807, 2.05) is 0 Å². The lowest BCUT2D eigenvalue weighted by Crippen LogP contribution is -2.04. The van der Waals surface area contributed by atoms with Gasteiger partial charge < -0.3 is 9.47 Å². The Bertz CT molecular complexity index is 308. The van der Waals surface area contributed by atoms with Crippen molar-refractivity contribution in [3.05, 3.63) is 29.6 Å². The molecule has 1 unspecified atom stereocenters. The van der Waals surface area contributed by atoms with E-state index in [1.54, 1.807) is 19.1 Å². The molecule has 0 N–H and O–H groups in total. The minimum atomic E-state index is -0.199. The SMILES string of the molecule is Cc1cc(OCC2CO2)ccc1F. The van der Waals surface area contributed by atoms with Gasteiger partial charge in [0.2, 0.25) is 0 Å². The van der Waals surface area contributed by atoms with Gasteiger partial charge in [-0.25, -0.2) is 4.39 Å². The van der Waals surface area contributed by atoms with Crippen LogP contribution in [-0.4, -0.2) is 19.3 Å². The molecule has 13 heavy (non-hydrogen) atoms. The highest BCUT2D eigenvalue weighted by Gasteiger charge is 2.22. The molecule has 1 aromatic rings. The number of hydrogen-bond acceptors (Lipinski definition) is 2. The van der Waals surface area contributed by atoms with E-state index in [1.165, 1.54) is 6.07 Å². The molecular weight excluding hydrogens is 171 g/mol. The van der Waals surface area contributed by atoms with Crippen LogP contribution in [0.3, 0.4) is 0 Å². The van der Waals surface area contributed by atoms with E-state index in [4.69, 9.17) is 9.47 Å². The van der Waals surface area contributed by atoms with Crippen LogP contribution in [0.5, 0.6) is 5.75 Å². The minimum absolute atomic E-state index is 0.199. The summed E-state index contributed by atoms with van der Waals surface area (Å²) in [5.74, 6) is 0.504. The van der Waals surface area contributed by atoms with E-state index < -0.39 is 0 Å². The summed E-state index contributed by atoms with van der Waals surface area (Å²) < 4.78 is 23.2. The van der Waals surface area contributed by atoms with Crippen LogP contribution in [-0.2, 0) is 4.74 Å². The third-order valence-corrected chi connectivity index (χ3v) is 1.97. The Kier molecular flexibility index (Phi) is 2.19. The van der Waals surface area contributed by atoms with Gasteiger partial charge in [-0.3, -0.25) is 0 Å². The number of ether oxygens (including phenoxy) is 2. The highest BCUT2D eigenvalue weighted by atomic mass is 19.1. The molecule has 0 amide bonds. The van der Waals surface area contributed by atoms with Crippen LogP contribution < -0.4 is 4.74 Å². The van der Waals surface area contributed by atoms with Crippen LogP contribution in [0, 0.1) is 12.7 Å². The van der Waals surface area contributed by atoms with Gasteiger partial charge in [-0.1, -0.05) is 0 Å². The standard InChI is InChI=1S/C10H11FO2/c1-7-4-8(2-3-10(7)11)12-5-9-6-13-9/h2-4,9H,5-6H2,1H3. The third-order valence-electron chi connectivity index (χ3n) is 1.97. The Morgan fingerprint density at radius 1 is 1.62 bits per heavy atom. The van der Waals surface area contributed by atoms with Crippen molar-refractivity contribution in [3.63, 3.8) is 0 Å². The van der Waals surface area contributed by atoms with Gasteiger partial charge in [0.05, 0.1) is 6.61 Å². The first-order valence-electron chi connectivity index (χ1n) is 4.26. The zero-order chi connectivity index (χ0) is 9.26. The number of benzene rings is 1. The van der Waals surface area contributed by atoms with Crippen molar-refractivity contribution in [2.75, 3.05) is 13.2 Å². The lowest BCUT2D eigenvalue weighted by Gasteiger charge is -2.04. The second-order valence-electron chi connectivity index (χ2n) is 3.18. The summed E-state index contributed by atoms with van der Waals surface area (Å²) >= 11 is 0. The second kappa shape index (κ2) is 3.34. The molecule has 1 fully saturated rings. The van der Waals surface area contributed by atoms with Gasteiger partial charge in [-0.2, -0.15) is 0 Å². The van der Waals surface area contributed by atoms with Crippen molar-refractivity contribution in [2.24, 2.45) is 0 Å². The smallest absolute Gasteiger partial charge is 0.126 e. The molecule has 0 radical (unpaired) electrons. The zero-order valence-corrected chi connectivity index (χ0v) is 7.42. The molecule has 1 aromatic carbocycles. The summed E-state index contributed by atoms with van der Waals surface area (Å²) in [4.78, 5) is 0. The zero-order valence-electron chi connectivity index (χ0n) is 7.42. The average Bonchev–Trinajstić information content (AvgIpc) is 2.91. The summed E-state index contributed by atoms with van der Waals surface area (Å²) in [5, 5.41) is 0. The molecule has 2 rings (SSSR count). The number of aryl methyl sites for hydroxylation is 1. The van der Waals surface area contributed by atoms with Crippen molar-refractivity contribution >= 4 is 0 Å². The molecular formula is C10H11FO2. The topological polar surface area (TPSA) is 21.8 Å². The Labute approximate surface area is 76.3 Å². The van der Waals surface area contributed by atoms with E-state index in [0.29, 0.717) is 17.9 Å². The summed E-state index contributed by atoms with van der Waals surface area (Å²) in [5.41, 5.74) is 0.606. The first kappa shape index (κ1) is 8.51. The highest BCUT2D eigenvalue weighted by Crippen LogP contribution is 2.18. The van der Waals surface area contributed by atoms with Crippen molar-refractivity contribution < 1.29 is 13.9 Å². The maximum Gasteiger partial charge on any atom is 0.126 e. The number of halogens is 1. The molecule has 0 bridgehead atoms. The Morgan fingerprint density at radius 3 is 3.00 bits per heavy atom. The first-order valence-corrected chi connectivity index (χ1v) is 4.26. The fraction of sp³-hybridized carbons (Fsp3) is 0.400. The lowest BCUT2D eigenvalue weighted by molar-refractivity contribution is 0.262. The van der Waals surface area contributed by atoms with E-state index in [9.17, 15) is 4.39 Å². The fourth-order valence-electron chi connectivity index (χ4n) is 1.06. The normalized spacial score (nSPS) is 20.0. The quantitative estimate of drug-likeness (QED) is 0.666. The number of hydrogen-bond donors (Lipinski definition) is 0. The van der Waals surface area contributed by atoms with Crippen molar-refractivity contribution in [3.8, 4) is 5.75 Å². The summed E-state index contributed by atoms with van der Waals surface area (Å²) in [6.45, 7) is 3.06. The van der Waals surface area contributed by atoms with Crippen LogP contribution in [0.15, 0.2) is 18.2 Å². The van der Waals surface area contributed by atoms with Gasteiger partial charge >= 0.3 is 0 Å². The molecule has 0 spiro atoms. The maximum atomic E-state index is 12.8. The Hall–Kier alpha value is -1.09. The van der Waals surface area contributed by atoms with Crippen LogP contribution in [0.2, 0.25) is 0 Å². The largest absolute Gasteiger partial charge is 0.491 e. The number of epoxide rings is 1. The molecule has 70 valence electrons. The molecule has 1 aliphatic rings. The molecule has 1 heterocycles. The average molecular weight is 182 g/mol. The van der Waals surface area contributed by atoms with Crippen LogP contribution in [0.1, 0.15) is 5.56 Å². The van der Waals surface area contributed by atoms with E-state index in [2.05, 4.69) is 0 Å². The van der Waals surface area contributed by atoms with Gasteiger partial charge in [0, 0.05) is 0 Å². The predicted octanol–water partition coefficient (Wildman–Crippen LogP) is 1.91. The first-order chi connectivity index (χ1) is 6.25. The summed E-state index contributed by atoms with van der Waals surface area (Å²) in [7, 11) is 0. The highest BCUT2D eigenvalue weighted by molar-refractivity contribution is 5.28. The predicted molar refractivity (Wildman–Crippen MR) is 46.4 cm³/mol. The monoisotopic (exact) mass is 182 g/mol. The number of rotatable bonds is 3. The molecule has 1 saturated heterocycles. The molecule has 1 aliphatic heterocycles. The summed E-state index contributed by atoms with van der Waals surface area (Å²) in [6, 6.07) is 4.74. The van der Waals surface area contributed by atoms with E-state index in [0.717, 1.165) is 6.61 Å². The molecule has 0 aliphatic carbocycles. The third kappa shape index (κ3) is 2.18. The lowest BCUT2D eigenvalue weighted by atomic mass is 10.2. The molecule has 1 atom stereocenters. The van der Waals surface area contributed by atoms with Gasteiger partial charge in [-0.05, 0) is 30.7 Å². The fourth-order valence-corrected chi connectivity index (χ4v) is 1.06. The van der Waals surface area contributed by atoms with Crippen molar-refractivity contribution in [1.82, 2.24) is 0 Å². The van der Waals surface area contributed by atoms with E-state index in [-0.39, 0.29) is 11.9 Å². The second-order valence-corrected chi connectivity index (χ2v) is 3.18. The van der Waals surface area contributed by atoms with Gasteiger partial charge in [0.15, 0.2) is 0 Å². The van der Waals surface area contributed by atoms with E-state index >= 15 is 0 Å². The molecule has 0 saturated carbocycles. The van der Waals surface area contributed by atoms with Crippen molar-refractivity contribution in [1.29, 1.82) is 0 Å². The van der Waals surface area contributed by atoms with Crippen LogP contribution >= 0.6 is 0 Å². The minimum Gasteiger partial charge on any atom is -0.491 e. The molecule has 2 nitrogen and oxygen atoms in total. The van der Waals surface area contributed by atoms with Gasteiger partial charge in [-0.15, -0.1) is 0 Å². The van der Waals surface area contributed by atoms with Crippen LogP contribution in [0.25, 0.3) is 0 Å². The van der Waals surface area contributed by atoms with Crippen molar-refractivity contribution in [2.45, 2.75) is 13.0 Å². The van der Waals surface area contributed by atoms with Gasteiger partial charge in [0.1, 0.15) is 24.3 Å². The maximum absolute atomic E-state index is 12.8.